The molecule has 0 aromatic heterocycles. The largest absolute Gasteiger partial charge is 0.481 e. The Morgan fingerprint density at radius 1 is 1.29 bits per heavy atom. The Balaban J connectivity index is 2.45. The van der Waals surface area contributed by atoms with Crippen molar-refractivity contribution in [3.05, 3.63) is 39.9 Å². The van der Waals surface area contributed by atoms with Crippen LogP contribution in [0.1, 0.15) is 36.5 Å². The molecule has 1 atom stereocenters. The van der Waals surface area contributed by atoms with Gasteiger partial charge in [-0.05, 0) is 25.8 Å². The number of hydrogen-bond donors (Lipinski definition) is 3. The van der Waals surface area contributed by atoms with Crippen LogP contribution in [-0.2, 0) is 9.59 Å². The van der Waals surface area contributed by atoms with E-state index in [1.165, 1.54) is 25.1 Å². The average Bonchev–Trinajstić information content (AvgIpc) is 2.53. The lowest BCUT2D eigenvalue weighted by Crippen LogP contribution is -2.45. The van der Waals surface area contributed by atoms with E-state index >= 15 is 0 Å². The summed E-state index contributed by atoms with van der Waals surface area (Å²) < 4.78 is 0. The number of nitrogens with zero attached hydrogens (tertiary/aromatic N) is 1. The number of benzene rings is 1. The molecule has 0 bridgehead atoms. The minimum absolute atomic E-state index is 0.0367. The average molecular weight is 337 g/mol. The molecule has 0 aliphatic rings. The Hall–Kier alpha value is -2.97. The van der Waals surface area contributed by atoms with E-state index in [2.05, 4.69) is 10.6 Å². The van der Waals surface area contributed by atoms with Crippen LogP contribution < -0.4 is 10.6 Å². The highest BCUT2D eigenvalue weighted by atomic mass is 16.6. The second-order valence-electron chi connectivity index (χ2n) is 5.14. The first-order valence-electron chi connectivity index (χ1n) is 7.36. The van der Waals surface area contributed by atoms with Crippen LogP contribution >= 0.6 is 0 Å². The third-order valence-corrected chi connectivity index (χ3v) is 3.18. The van der Waals surface area contributed by atoms with Crippen LogP contribution in [0.4, 0.5) is 5.69 Å². The number of carboxylic acids is 1. The third kappa shape index (κ3) is 6.42. The fourth-order valence-electron chi connectivity index (χ4n) is 1.87. The molecule has 0 spiro atoms. The smallest absolute Gasteiger partial charge is 0.303 e. The number of rotatable bonds is 9. The molecule has 130 valence electrons. The van der Waals surface area contributed by atoms with Crippen molar-refractivity contribution in [3.63, 3.8) is 0 Å². The minimum atomic E-state index is -0.890. The molecule has 0 radical (unpaired) electrons. The normalized spacial score (nSPS) is 11.4. The number of unbranched alkanes of at least 4 members (excludes halogenated alkanes) is 1. The number of aliphatic carboxylic acids is 1. The number of nitrogens with one attached hydrogen (secondary N) is 2. The summed E-state index contributed by atoms with van der Waals surface area (Å²) in [6.07, 6.45) is 1.00. The summed E-state index contributed by atoms with van der Waals surface area (Å²) in [6.45, 7) is 1.80. The van der Waals surface area contributed by atoms with E-state index < -0.39 is 28.7 Å². The molecule has 1 rings (SSSR count). The van der Waals surface area contributed by atoms with Gasteiger partial charge < -0.3 is 15.7 Å². The summed E-state index contributed by atoms with van der Waals surface area (Å²) in [5.74, 6) is -1.89. The molecule has 1 aromatic rings. The summed E-state index contributed by atoms with van der Waals surface area (Å²) in [4.78, 5) is 44.3. The lowest BCUT2D eigenvalue weighted by molar-refractivity contribution is -0.384. The van der Waals surface area contributed by atoms with Gasteiger partial charge in [0, 0.05) is 30.7 Å². The Labute approximate surface area is 138 Å². The highest BCUT2D eigenvalue weighted by Crippen LogP contribution is 2.13. The molecule has 0 aliphatic carbocycles. The van der Waals surface area contributed by atoms with Crippen molar-refractivity contribution in [2.24, 2.45) is 0 Å². The minimum Gasteiger partial charge on any atom is -0.481 e. The Bertz CT molecular complexity index is 631. The molecule has 0 fully saturated rings. The number of hydrogen-bond acceptors (Lipinski definition) is 5. The molecule has 0 saturated heterocycles. The molecule has 1 unspecified atom stereocenters. The number of carbonyl (C=O) groups excluding carboxylic acids is 2. The molecule has 2 amide bonds. The topological polar surface area (TPSA) is 139 Å². The van der Waals surface area contributed by atoms with Crippen molar-refractivity contribution < 1.29 is 24.4 Å². The van der Waals surface area contributed by atoms with Gasteiger partial charge in [0.2, 0.25) is 5.91 Å². The van der Waals surface area contributed by atoms with Crippen LogP contribution in [0.2, 0.25) is 0 Å². The van der Waals surface area contributed by atoms with Crippen molar-refractivity contribution in [1.29, 1.82) is 0 Å². The first-order valence-corrected chi connectivity index (χ1v) is 7.36. The number of amides is 2. The van der Waals surface area contributed by atoms with Crippen LogP contribution in [0.15, 0.2) is 24.3 Å². The lowest BCUT2D eigenvalue weighted by atomic mass is 10.1. The van der Waals surface area contributed by atoms with E-state index in [4.69, 9.17) is 5.11 Å². The summed E-state index contributed by atoms with van der Waals surface area (Å²) >= 11 is 0. The zero-order valence-electron chi connectivity index (χ0n) is 13.2. The maximum Gasteiger partial charge on any atom is 0.303 e. The fraction of sp³-hybridized carbons (Fsp3) is 0.400. The molecule has 24 heavy (non-hydrogen) atoms. The number of nitro benzene ring substituents is 1. The predicted molar refractivity (Wildman–Crippen MR) is 84.5 cm³/mol. The van der Waals surface area contributed by atoms with E-state index in [0.717, 1.165) is 6.07 Å². The van der Waals surface area contributed by atoms with E-state index in [1.54, 1.807) is 0 Å². The van der Waals surface area contributed by atoms with Gasteiger partial charge in [-0.1, -0.05) is 6.07 Å². The standard InChI is InChI=1S/C15H19N3O6/c1-10(14(21)16-8-3-2-7-13(19)20)17-15(22)11-5-4-6-12(9-11)18(23)24/h4-6,9-10H,2-3,7-8H2,1H3,(H,16,21)(H,17,22)(H,19,20). The van der Waals surface area contributed by atoms with Gasteiger partial charge in [0.15, 0.2) is 0 Å². The summed E-state index contributed by atoms with van der Waals surface area (Å²) in [6, 6.07) is 4.38. The van der Waals surface area contributed by atoms with Crippen LogP contribution in [0.3, 0.4) is 0 Å². The van der Waals surface area contributed by atoms with Crippen molar-refractivity contribution in [3.8, 4) is 0 Å². The maximum atomic E-state index is 12.0. The van der Waals surface area contributed by atoms with Gasteiger partial charge in [0.25, 0.3) is 11.6 Å². The third-order valence-electron chi connectivity index (χ3n) is 3.18. The predicted octanol–water partition coefficient (Wildman–Crippen LogP) is 1.08. The van der Waals surface area contributed by atoms with Crippen LogP contribution in [0, 0.1) is 10.1 Å². The molecule has 0 aliphatic heterocycles. The number of nitro groups is 1. The van der Waals surface area contributed by atoms with Gasteiger partial charge in [-0.25, -0.2) is 0 Å². The zero-order valence-corrected chi connectivity index (χ0v) is 13.2. The van der Waals surface area contributed by atoms with E-state index in [0.29, 0.717) is 19.4 Å². The van der Waals surface area contributed by atoms with Gasteiger partial charge in [0.1, 0.15) is 6.04 Å². The van der Waals surface area contributed by atoms with Crippen LogP contribution in [0.5, 0.6) is 0 Å². The van der Waals surface area contributed by atoms with Crippen molar-refractivity contribution >= 4 is 23.5 Å². The SMILES string of the molecule is CC(NC(=O)c1cccc([N+](=O)[O-])c1)C(=O)NCCCCC(=O)O. The monoisotopic (exact) mass is 337 g/mol. The summed E-state index contributed by atoms with van der Waals surface area (Å²) in [7, 11) is 0. The molecule has 9 nitrogen and oxygen atoms in total. The zero-order chi connectivity index (χ0) is 18.1. The second kappa shape index (κ2) is 9.23. The van der Waals surface area contributed by atoms with Gasteiger partial charge in [-0.2, -0.15) is 0 Å². The quantitative estimate of drug-likeness (QED) is 0.350. The number of carbonyl (C=O) groups is 3. The number of carboxylic acid groups (broad SMARTS) is 1. The highest BCUT2D eigenvalue weighted by molar-refractivity contribution is 5.97. The van der Waals surface area contributed by atoms with Gasteiger partial charge in [0.05, 0.1) is 4.92 Å². The molecular formula is C15H19N3O6. The van der Waals surface area contributed by atoms with Crippen molar-refractivity contribution in [2.75, 3.05) is 6.54 Å². The van der Waals surface area contributed by atoms with Crippen LogP contribution in [0.25, 0.3) is 0 Å². The molecular weight excluding hydrogens is 318 g/mol. The van der Waals surface area contributed by atoms with Gasteiger partial charge in [-0.15, -0.1) is 0 Å². The Morgan fingerprint density at radius 2 is 2.00 bits per heavy atom. The first-order chi connectivity index (χ1) is 11.3. The highest BCUT2D eigenvalue weighted by Gasteiger charge is 2.17. The van der Waals surface area contributed by atoms with Crippen molar-refractivity contribution in [1.82, 2.24) is 10.6 Å². The maximum absolute atomic E-state index is 12.0. The first kappa shape index (κ1) is 19.1. The van der Waals surface area contributed by atoms with E-state index in [9.17, 15) is 24.5 Å². The summed E-state index contributed by atoms with van der Waals surface area (Å²) in [5, 5.41) is 24.2. The molecule has 3 N–H and O–H groups in total. The summed E-state index contributed by atoms with van der Waals surface area (Å²) in [5.41, 5.74) is -0.122. The molecule has 0 saturated carbocycles. The number of non-ortho nitro benzene ring substituents is 1. The molecule has 9 heteroatoms. The van der Waals surface area contributed by atoms with Crippen molar-refractivity contribution in [2.45, 2.75) is 32.2 Å². The van der Waals surface area contributed by atoms with E-state index in [1.807, 2.05) is 0 Å². The lowest BCUT2D eigenvalue weighted by Gasteiger charge is -2.14. The van der Waals surface area contributed by atoms with E-state index in [-0.39, 0.29) is 17.7 Å². The second-order valence-corrected chi connectivity index (χ2v) is 5.14. The Morgan fingerprint density at radius 3 is 2.62 bits per heavy atom. The molecule has 0 heterocycles. The van der Waals surface area contributed by atoms with Crippen LogP contribution in [-0.4, -0.2) is 40.4 Å². The Kier molecular flexibility index (Phi) is 7.34. The molecule has 1 aromatic carbocycles. The van der Waals surface area contributed by atoms with Gasteiger partial charge >= 0.3 is 5.97 Å². The fourth-order valence-corrected chi connectivity index (χ4v) is 1.87. The van der Waals surface area contributed by atoms with Gasteiger partial charge in [-0.3, -0.25) is 24.5 Å².